The summed E-state index contributed by atoms with van der Waals surface area (Å²) in [6.45, 7) is 0.0567. The van der Waals surface area contributed by atoms with Gasteiger partial charge in [0.1, 0.15) is 6.54 Å². The van der Waals surface area contributed by atoms with Crippen molar-refractivity contribution in [3.8, 4) is 0 Å². The number of nitrogens with one attached hydrogen (secondary N) is 1. The summed E-state index contributed by atoms with van der Waals surface area (Å²) in [7, 11) is 0. The molecule has 0 aromatic heterocycles. The smallest absolute Gasteiger partial charge is 0.244 e. The predicted molar refractivity (Wildman–Crippen MR) is 92.8 cm³/mol. The van der Waals surface area contributed by atoms with E-state index in [9.17, 15) is 9.59 Å². The molecule has 1 unspecified atom stereocenters. The van der Waals surface area contributed by atoms with E-state index in [-0.39, 0.29) is 30.3 Å². The van der Waals surface area contributed by atoms with Gasteiger partial charge in [-0.25, -0.2) is 0 Å². The number of amides is 2. The molecule has 0 saturated heterocycles. The zero-order valence-corrected chi connectivity index (χ0v) is 13.8. The molecule has 1 heterocycles. The number of hydrogen-bond donors (Lipinski definition) is 1. The minimum absolute atomic E-state index is 0.0536. The van der Waals surface area contributed by atoms with E-state index in [4.69, 9.17) is 11.6 Å². The van der Waals surface area contributed by atoms with Gasteiger partial charge < -0.3 is 10.2 Å². The van der Waals surface area contributed by atoms with Crippen molar-refractivity contribution in [1.82, 2.24) is 4.90 Å². The average molecular weight is 341 g/mol. The maximum Gasteiger partial charge on any atom is 0.244 e. The van der Waals surface area contributed by atoms with E-state index in [1.807, 2.05) is 36.4 Å². The molecule has 1 fully saturated rings. The first-order valence-electron chi connectivity index (χ1n) is 8.08. The number of benzene rings is 2. The van der Waals surface area contributed by atoms with Crippen LogP contribution in [0.1, 0.15) is 30.0 Å². The highest BCUT2D eigenvalue weighted by atomic mass is 35.5. The van der Waals surface area contributed by atoms with Crippen molar-refractivity contribution >= 4 is 29.1 Å². The topological polar surface area (TPSA) is 49.4 Å². The third-order valence-corrected chi connectivity index (χ3v) is 4.77. The molecule has 4 rings (SSSR count). The molecule has 2 aromatic carbocycles. The summed E-state index contributed by atoms with van der Waals surface area (Å²) in [6, 6.07) is 15.0. The van der Waals surface area contributed by atoms with Gasteiger partial charge in [-0.15, -0.1) is 0 Å². The molecule has 5 heteroatoms. The average Bonchev–Trinajstić information content (AvgIpc) is 3.41. The number of rotatable bonds is 2. The van der Waals surface area contributed by atoms with Crippen LogP contribution in [0.25, 0.3) is 0 Å². The first kappa shape index (κ1) is 15.2. The maximum atomic E-state index is 12.8. The normalized spacial score (nSPS) is 20.1. The van der Waals surface area contributed by atoms with Crippen molar-refractivity contribution in [3.63, 3.8) is 0 Å². The van der Waals surface area contributed by atoms with Crippen LogP contribution in [0.3, 0.4) is 0 Å². The first-order chi connectivity index (χ1) is 11.6. The molecule has 0 bridgehead atoms. The largest absolute Gasteiger partial charge is 0.324 e. The summed E-state index contributed by atoms with van der Waals surface area (Å²) >= 11 is 6.10. The fourth-order valence-corrected chi connectivity index (χ4v) is 3.42. The lowest BCUT2D eigenvalue weighted by molar-refractivity contribution is -0.137. The van der Waals surface area contributed by atoms with Crippen LogP contribution in [0.4, 0.5) is 5.69 Å². The van der Waals surface area contributed by atoms with Crippen LogP contribution in [-0.2, 0) is 9.59 Å². The van der Waals surface area contributed by atoms with E-state index >= 15 is 0 Å². The Kier molecular flexibility index (Phi) is 3.77. The summed E-state index contributed by atoms with van der Waals surface area (Å²) in [4.78, 5) is 26.9. The SMILES string of the molecule is O=C1CN(C(=O)C2CC2)C(c2ccccc2)c2ccc(Cl)cc2N1. The summed E-state index contributed by atoms with van der Waals surface area (Å²) in [5.41, 5.74) is 2.56. The van der Waals surface area contributed by atoms with Gasteiger partial charge in [-0.1, -0.05) is 48.0 Å². The molecule has 2 aliphatic rings. The Labute approximate surface area is 145 Å². The molecule has 1 aliphatic carbocycles. The molecule has 4 nitrogen and oxygen atoms in total. The van der Waals surface area contributed by atoms with Crippen molar-refractivity contribution in [2.24, 2.45) is 5.92 Å². The lowest BCUT2D eigenvalue weighted by atomic mass is 9.95. The minimum atomic E-state index is -0.287. The Balaban J connectivity index is 1.87. The van der Waals surface area contributed by atoms with E-state index in [0.29, 0.717) is 10.7 Å². The number of halogens is 1. The summed E-state index contributed by atoms with van der Waals surface area (Å²) in [5, 5.41) is 3.45. The third kappa shape index (κ3) is 2.78. The standard InChI is InChI=1S/C19H17ClN2O2/c20-14-8-9-15-16(10-14)21-17(23)11-22(19(24)13-6-7-13)18(15)12-4-2-1-3-5-12/h1-5,8-10,13,18H,6-7,11H2,(H,21,23). The molecule has 1 N–H and O–H groups in total. The first-order valence-corrected chi connectivity index (χ1v) is 8.46. The minimum Gasteiger partial charge on any atom is -0.324 e. The maximum absolute atomic E-state index is 12.8. The quantitative estimate of drug-likeness (QED) is 0.907. The summed E-state index contributed by atoms with van der Waals surface area (Å²) in [5.74, 6) is -0.0781. The highest BCUT2D eigenvalue weighted by Gasteiger charge is 2.40. The van der Waals surface area contributed by atoms with Crippen molar-refractivity contribution < 1.29 is 9.59 Å². The second-order valence-electron chi connectivity index (χ2n) is 6.33. The van der Waals surface area contributed by atoms with Gasteiger partial charge in [0.15, 0.2) is 0 Å². The van der Waals surface area contributed by atoms with Crippen LogP contribution >= 0.6 is 11.6 Å². The molecular weight excluding hydrogens is 324 g/mol. The third-order valence-electron chi connectivity index (χ3n) is 4.53. The summed E-state index contributed by atoms with van der Waals surface area (Å²) in [6.07, 6.45) is 1.82. The van der Waals surface area contributed by atoms with Gasteiger partial charge in [-0.3, -0.25) is 9.59 Å². The van der Waals surface area contributed by atoms with Crippen molar-refractivity contribution in [2.45, 2.75) is 18.9 Å². The Hall–Kier alpha value is -2.33. The number of fused-ring (bicyclic) bond motifs is 1. The highest BCUT2D eigenvalue weighted by molar-refractivity contribution is 6.31. The van der Waals surface area contributed by atoms with Crippen LogP contribution in [0.2, 0.25) is 5.02 Å². The van der Waals surface area contributed by atoms with Crippen molar-refractivity contribution in [2.75, 3.05) is 11.9 Å². The monoisotopic (exact) mass is 340 g/mol. The summed E-state index contributed by atoms with van der Waals surface area (Å²) < 4.78 is 0. The highest BCUT2D eigenvalue weighted by Crippen LogP contribution is 2.40. The zero-order valence-electron chi connectivity index (χ0n) is 13.0. The number of hydrogen-bond acceptors (Lipinski definition) is 2. The molecule has 2 aromatic rings. The van der Waals surface area contributed by atoms with Crippen LogP contribution in [0.5, 0.6) is 0 Å². The van der Waals surface area contributed by atoms with E-state index < -0.39 is 0 Å². The Bertz CT molecular complexity index is 802. The molecule has 1 saturated carbocycles. The number of nitrogens with zero attached hydrogens (tertiary/aromatic N) is 1. The lowest BCUT2D eigenvalue weighted by Gasteiger charge is -2.30. The Morgan fingerprint density at radius 3 is 2.58 bits per heavy atom. The predicted octanol–water partition coefficient (Wildman–Crippen LogP) is 3.62. The second-order valence-corrected chi connectivity index (χ2v) is 6.77. The molecule has 122 valence electrons. The van der Waals surface area contributed by atoms with Gasteiger partial charge >= 0.3 is 0 Å². The van der Waals surface area contributed by atoms with Crippen LogP contribution in [-0.4, -0.2) is 23.3 Å². The van der Waals surface area contributed by atoms with Gasteiger partial charge in [0, 0.05) is 22.2 Å². The number of carbonyl (C=O) groups excluding carboxylic acids is 2. The van der Waals surface area contributed by atoms with Crippen LogP contribution in [0.15, 0.2) is 48.5 Å². The molecule has 0 radical (unpaired) electrons. The van der Waals surface area contributed by atoms with Gasteiger partial charge in [0.05, 0.1) is 6.04 Å². The van der Waals surface area contributed by atoms with E-state index in [1.165, 1.54) is 0 Å². The molecule has 1 atom stereocenters. The van der Waals surface area contributed by atoms with E-state index in [0.717, 1.165) is 24.0 Å². The zero-order chi connectivity index (χ0) is 16.7. The molecular formula is C19H17ClN2O2. The van der Waals surface area contributed by atoms with E-state index in [1.54, 1.807) is 17.0 Å². The van der Waals surface area contributed by atoms with Gasteiger partial charge in [-0.05, 0) is 30.5 Å². The van der Waals surface area contributed by atoms with Crippen molar-refractivity contribution in [1.29, 1.82) is 0 Å². The van der Waals surface area contributed by atoms with Crippen LogP contribution in [0, 0.1) is 5.92 Å². The van der Waals surface area contributed by atoms with Gasteiger partial charge in [-0.2, -0.15) is 0 Å². The molecule has 0 spiro atoms. The fourth-order valence-electron chi connectivity index (χ4n) is 3.24. The Morgan fingerprint density at radius 1 is 1.12 bits per heavy atom. The number of anilines is 1. The molecule has 24 heavy (non-hydrogen) atoms. The van der Waals surface area contributed by atoms with E-state index in [2.05, 4.69) is 5.32 Å². The van der Waals surface area contributed by atoms with Crippen LogP contribution < -0.4 is 5.32 Å². The fraction of sp³-hybridized carbons (Fsp3) is 0.263. The Morgan fingerprint density at radius 2 is 1.88 bits per heavy atom. The van der Waals surface area contributed by atoms with Gasteiger partial charge in [0.25, 0.3) is 0 Å². The lowest BCUT2D eigenvalue weighted by Crippen LogP contribution is -2.39. The molecule has 2 amide bonds. The number of carbonyl (C=O) groups is 2. The second kappa shape index (κ2) is 5.95. The molecule has 1 aliphatic heterocycles. The van der Waals surface area contributed by atoms with Gasteiger partial charge in [0.2, 0.25) is 11.8 Å². The van der Waals surface area contributed by atoms with Crippen molar-refractivity contribution in [3.05, 3.63) is 64.7 Å².